The molecule has 1 unspecified atom stereocenters. The van der Waals surface area contributed by atoms with Crippen LogP contribution in [0, 0.1) is 0 Å². The first-order chi connectivity index (χ1) is 9.81. The van der Waals surface area contributed by atoms with E-state index in [1.54, 1.807) is 0 Å². The van der Waals surface area contributed by atoms with Crippen LogP contribution in [0.25, 0.3) is 0 Å². The standard InChI is InChI=1S/C16H20N4/c1-17-15-10-14(19-16(18-2)20-15)13-9-8-12(13)11-6-4-3-5-7-11/h3-7,10,12-13H,8-9H2,1-2H3,(H2,17,18,19,20)/t12?,13-/m0/s1. The van der Waals surface area contributed by atoms with Crippen LogP contribution >= 0.6 is 0 Å². The zero-order valence-electron chi connectivity index (χ0n) is 11.9. The van der Waals surface area contributed by atoms with E-state index in [1.165, 1.54) is 18.4 Å². The van der Waals surface area contributed by atoms with Crippen LogP contribution in [0.2, 0.25) is 0 Å². The van der Waals surface area contributed by atoms with E-state index in [4.69, 9.17) is 0 Å². The highest BCUT2D eigenvalue weighted by atomic mass is 15.1. The maximum Gasteiger partial charge on any atom is 0.224 e. The number of aromatic nitrogens is 2. The number of rotatable bonds is 4. The molecule has 0 amide bonds. The molecule has 1 aromatic carbocycles. The van der Waals surface area contributed by atoms with Gasteiger partial charge in [-0.05, 0) is 24.3 Å². The summed E-state index contributed by atoms with van der Waals surface area (Å²) in [7, 11) is 3.75. The molecule has 1 aliphatic rings. The summed E-state index contributed by atoms with van der Waals surface area (Å²) in [5.74, 6) is 2.64. The molecule has 104 valence electrons. The van der Waals surface area contributed by atoms with Gasteiger partial charge in [-0.15, -0.1) is 0 Å². The maximum absolute atomic E-state index is 4.64. The SMILES string of the molecule is CNc1cc([C@H]2CCC2c2ccccc2)nc(NC)n1. The number of hydrogen-bond acceptors (Lipinski definition) is 4. The van der Waals surface area contributed by atoms with Crippen molar-refractivity contribution in [3.8, 4) is 0 Å². The molecule has 20 heavy (non-hydrogen) atoms. The number of hydrogen-bond donors (Lipinski definition) is 2. The second-order valence-electron chi connectivity index (χ2n) is 5.20. The molecule has 4 heteroatoms. The van der Waals surface area contributed by atoms with Crippen LogP contribution in [0.4, 0.5) is 11.8 Å². The highest BCUT2D eigenvalue weighted by molar-refractivity contribution is 5.44. The van der Waals surface area contributed by atoms with Crippen molar-refractivity contribution >= 4 is 11.8 Å². The van der Waals surface area contributed by atoms with Gasteiger partial charge in [0.1, 0.15) is 5.82 Å². The fraction of sp³-hybridized carbons (Fsp3) is 0.375. The summed E-state index contributed by atoms with van der Waals surface area (Å²) in [6.07, 6.45) is 2.44. The van der Waals surface area contributed by atoms with Gasteiger partial charge in [0.05, 0.1) is 5.69 Å². The Balaban J connectivity index is 1.89. The fourth-order valence-electron chi connectivity index (χ4n) is 2.85. The van der Waals surface area contributed by atoms with Gasteiger partial charge >= 0.3 is 0 Å². The van der Waals surface area contributed by atoms with Gasteiger partial charge in [-0.25, -0.2) is 4.98 Å². The Hall–Kier alpha value is -2.10. The van der Waals surface area contributed by atoms with E-state index in [-0.39, 0.29) is 0 Å². The van der Waals surface area contributed by atoms with Crippen LogP contribution < -0.4 is 10.6 Å². The van der Waals surface area contributed by atoms with E-state index in [0.717, 1.165) is 11.5 Å². The van der Waals surface area contributed by atoms with Crippen LogP contribution in [-0.2, 0) is 0 Å². The van der Waals surface area contributed by atoms with E-state index in [0.29, 0.717) is 17.8 Å². The average Bonchev–Trinajstić information content (AvgIpc) is 2.46. The lowest BCUT2D eigenvalue weighted by Crippen LogP contribution is -2.23. The van der Waals surface area contributed by atoms with Crippen molar-refractivity contribution in [2.75, 3.05) is 24.7 Å². The third-order valence-corrected chi connectivity index (χ3v) is 4.11. The molecule has 0 aliphatic heterocycles. The van der Waals surface area contributed by atoms with Gasteiger partial charge in [0, 0.05) is 26.1 Å². The maximum atomic E-state index is 4.64. The van der Waals surface area contributed by atoms with Gasteiger partial charge in [0.15, 0.2) is 0 Å². The molecule has 0 bridgehead atoms. The van der Waals surface area contributed by atoms with E-state index in [9.17, 15) is 0 Å². The molecule has 0 saturated heterocycles. The molecule has 0 spiro atoms. The summed E-state index contributed by atoms with van der Waals surface area (Å²) < 4.78 is 0. The van der Waals surface area contributed by atoms with Crippen molar-refractivity contribution < 1.29 is 0 Å². The summed E-state index contributed by atoms with van der Waals surface area (Å²) in [5.41, 5.74) is 2.55. The number of nitrogens with zero attached hydrogens (tertiary/aromatic N) is 2. The second kappa shape index (κ2) is 5.49. The summed E-state index contributed by atoms with van der Waals surface area (Å²) in [6, 6.07) is 12.8. The Morgan fingerprint density at radius 2 is 1.70 bits per heavy atom. The van der Waals surface area contributed by atoms with Crippen LogP contribution in [0.3, 0.4) is 0 Å². The van der Waals surface area contributed by atoms with Gasteiger partial charge in [0.2, 0.25) is 5.95 Å². The quantitative estimate of drug-likeness (QED) is 0.894. The molecule has 2 N–H and O–H groups in total. The Morgan fingerprint density at radius 3 is 2.30 bits per heavy atom. The highest BCUT2D eigenvalue weighted by Crippen LogP contribution is 2.48. The molecule has 0 radical (unpaired) electrons. The zero-order chi connectivity index (χ0) is 13.9. The molecule has 2 atom stereocenters. The molecule has 1 aliphatic carbocycles. The minimum Gasteiger partial charge on any atom is -0.373 e. The Kier molecular flexibility index (Phi) is 3.54. The average molecular weight is 268 g/mol. The minimum absolute atomic E-state index is 0.500. The molecule has 1 saturated carbocycles. The largest absolute Gasteiger partial charge is 0.373 e. The van der Waals surface area contributed by atoms with E-state index < -0.39 is 0 Å². The van der Waals surface area contributed by atoms with E-state index in [1.807, 2.05) is 14.1 Å². The Morgan fingerprint density at radius 1 is 0.950 bits per heavy atom. The molecular weight excluding hydrogens is 248 g/mol. The van der Waals surface area contributed by atoms with Crippen molar-refractivity contribution in [3.63, 3.8) is 0 Å². The molecule has 1 aromatic heterocycles. The Labute approximate surface area is 119 Å². The molecule has 1 fully saturated rings. The van der Waals surface area contributed by atoms with E-state index >= 15 is 0 Å². The monoisotopic (exact) mass is 268 g/mol. The van der Waals surface area contributed by atoms with Crippen LogP contribution in [0.1, 0.15) is 35.9 Å². The second-order valence-corrected chi connectivity index (χ2v) is 5.20. The fourth-order valence-corrected chi connectivity index (χ4v) is 2.85. The lowest BCUT2D eigenvalue weighted by Gasteiger charge is -2.36. The highest BCUT2D eigenvalue weighted by Gasteiger charge is 2.34. The van der Waals surface area contributed by atoms with Crippen molar-refractivity contribution in [3.05, 3.63) is 47.7 Å². The lowest BCUT2D eigenvalue weighted by atomic mass is 9.68. The summed E-state index contributed by atoms with van der Waals surface area (Å²) in [4.78, 5) is 9.01. The van der Waals surface area contributed by atoms with Crippen molar-refractivity contribution in [2.24, 2.45) is 0 Å². The number of anilines is 2. The van der Waals surface area contributed by atoms with Gasteiger partial charge in [-0.2, -0.15) is 4.98 Å². The van der Waals surface area contributed by atoms with Gasteiger partial charge in [-0.1, -0.05) is 30.3 Å². The number of benzene rings is 1. The first-order valence-electron chi connectivity index (χ1n) is 7.11. The topological polar surface area (TPSA) is 49.8 Å². The zero-order valence-corrected chi connectivity index (χ0v) is 11.9. The van der Waals surface area contributed by atoms with Crippen LogP contribution in [0.5, 0.6) is 0 Å². The smallest absolute Gasteiger partial charge is 0.224 e. The van der Waals surface area contributed by atoms with Gasteiger partial charge in [-0.3, -0.25) is 0 Å². The summed E-state index contributed by atoms with van der Waals surface area (Å²) >= 11 is 0. The Bertz CT molecular complexity index is 560. The predicted molar refractivity (Wildman–Crippen MR) is 82.3 cm³/mol. The van der Waals surface area contributed by atoms with Crippen LogP contribution in [-0.4, -0.2) is 24.1 Å². The van der Waals surface area contributed by atoms with Crippen LogP contribution in [0.15, 0.2) is 36.4 Å². The molecule has 3 rings (SSSR count). The van der Waals surface area contributed by atoms with Crippen molar-refractivity contribution in [1.82, 2.24) is 9.97 Å². The van der Waals surface area contributed by atoms with Gasteiger partial charge < -0.3 is 10.6 Å². The first-order valence-corrected chi connectivity index (χ1v) is 7.11. The minimum atomic E-state index is 0.500. The van der Waals surface area contributed by atoms with Gasteiger partial charge in [0.25, 0.3) is 0 Å². The molecule has 4 nitrogen and oxygen atoms in total. The predicted octanol–water partition coefficient (Wildman–Crippen LogP) is 3.22. The number of nitrogens with one attached hydrogen (secondary N) is 2. The summed E-state index contributed by atoms with van der Waals surface area (Å²) in [6.45, 7) is 0. The lowest BCUT2D eigenvalue weighted by molar-refractivity contribution is 0.340. The first kappa shape index (κ1) is 12.9. The molecule has 2 aromatic rings. The normalized spacial score (nSPS) is 21.1. The third kappa shape index (κ3) is 2.33. The molecular formula is C16H20N4. The molecule has 1 heterocycles. The van der Waals surface area contributed by atoms with Crippen molar-refractivity contribution in [1.29, 1.82) is 0 Å². The third-order valence-electron chi connectivity index (χ3n) is 4.11. The summed E-state index contributed by atoms with van der Waals surface area (Å²) in [5, 5.41) is 6.15. The van der Waals surface area contributed by atoms with E-state index in [2.05, 4.69) is 57.0 Å². The van der Waals surface area contributed by atoms with Crippen molar-refractivity contribution in [2.45, 2.75) is 24.7 Å².